The maximum atomic E-state index is 15.2. The number of hydrogen-bond donors (Lipinski definition) is 2. The van der Waals surface area contributed by atoms with E-state index in [0.29, 0.717) is 30.8 Å². The van der Waals surface area contributed by atoms with Gasteiger partial charge in [0.2, 0.25) is 0 Å². The maximum Gasteiger partial charge on any atom is 0.414 e. The Kier molecular flexibility index (Phi) is 4.77. The number of carbonyl (C=O) groups excluding carboxylic acids is 2. The molecule has 1 aromatic heterocycles. The predicted octanol–water partition coefficient (Wildman–Crippen LogP) is 2.06. The van der Waals surface area contributed by atoms with E-state index in [2.05, 4.69) is 5.10 Å². The Balaban J connectivity index is 1.99. The van der Waals surface area contributed by atoms with Crippen LogP contribution in [0.4, 0.5) is 20.7 Å². The SMILES string of the molecule is CC(C)COC(=O)N1CCc2c1ccc(-c1nn(C)c(N)c1C(N)=O)c2F. The molecule has 4 N–H and O–H groups in total. The van der Waals surface area contributed by atoms with Gasteiger partial charge < -0.3 is 16.2 Å². The molecule has 0 aliphatic carbocycles. The molecule has 2 amide bonds. The first-order chi connectivity index (χ1) is 12.7. The summed E-state index contributed by atoms with van der Waals surface area (Å²) in [6.45, 7) is 4.48. The summed E-state index contributed by atoms with van der Waals surface area (Å²) in [5.41, 5.74) is 12.2. The molecule has 3 rings (SSSR count). The van der Waals surface area contributed by atoms with Gasteiger partial charge in [0.25, 0.3) is 5.91 Å². The fourth-order valence-corrected chi connectivity index (χ4v) is 3.10. The van der Waals surface area contributed by atoms with Crippen molar-refractivity contribution in [1.82, 2.24) is 9.78 Å². The van der Waals surface area contributed by atoms with E-state index in [9.17, 15) is 9.59 Å². The van der Waals surface area contributed by atoms with Crippen LogP contribution < -0.4 is 16.4 Å². The summed E-state index contributed by atoms with van der Waals surface area (Å²) in [6, 6.07) is 3.09. The number of anilines is 2. The summed E-state index contributed by atoms with van der Waals surface area (Å²) >= 11 is 0. The maximum absolute atomic E-state index is 15.2. The first-order valence-corrected chi connectivity index (χ1v) is 8.60. The van der Waals surface area contributed by atoms with Crippen molar-refractivity contribution in [2.45, 2.75) is 20.3 Å². The molecule has 0 atom stereocenters. The number of amides is 2. The summed E-state index contributed by atoms with van der Waals surface area (Å²) in [6.07, 6.45) is -0.172. The number of fused-ring (bicyclic) bond motifs is 1. The minimum Gasteiger partial charge on any atom is -0.449 e. The number of nitrogens with two attached hydrogens (primary N) is 2. The quantitative estimate of drug-likeness (QED) is 0.848. The van der Waals surface area contributed by atoms with Gasteiger partial charge in [-0.3, -0.25) is 14.4 Å². The number of ether oxygens (including phenoxy) is 1. The van der Waals surface area contributed by atoms with E-state index in [1.165, 1.54) is 15.6 Å². The molecule has 8 nitrogen and oxygen atoms in total. The Morgan fingerprint density at radius 2 is 2.07 bits per heavy atom. The number of halogens is 1. The minimum atomic E-state index is -0.783. The predicted molar refractivity (Wildman–Crippen MR) is 98.8 cm³/mol. The summed E-state index contributed by atoms with van der Waals surface area (Å²) in [5, 5.41) is 4.14. The second-order valence-corrected chi connectivity index (χ2v) is 6.89. The van der Waals surface area contributed by atoms with Crippen LogP contribution in [0.5, 0.6) is 0 Å². The van der Waals surface area contributed by atoms with E-state index in [-0.39, 0.29) is 28.6 Å². The van der Waals surface area contributed by atoms with E-state index in [4.69, 9.17) is 16.2 Å². The minimum absolute atomic E-state index is 0.0254. The molecule has 0 saturated heterocycles. The molecule has 1 aromatic carbocycles. The average molecular weight is 375 g/mol. The average Bonchev–Trinajstić information content (AvgIpc) is 3.15. The number of nitrogen functional groups attached to an aromatic ring is 1. The van der Waals surface area contributed by atoms with Gasteiger partial charge in [-0.2, -0.15) is 5.10 Å². The molecule has 0 radical (unpaired) electrons. The van der Waals surface area contributed by atoms with Crippen LogP contribution in [0.1, 0.15) is 29.8 Å². The number of primary amides is 1. The van der Waals surface area contributed by atoms with Gasteiger partial charge in [-0.05, 0) is 24.5 Å². The van der Waals surface area contributed by atoms with Gasteiger partial charge in [-0.1, -0.05) is 13.8 Å². The zero-order chi connectivity index (χ0) is 19.9. The third-order valence-electron chi connectivity index (χ3n) is 4.45. The van der Waals surface area contributed by atoms with Gasteiger partial charge in [0, 0.05) is 24.7 Å². The lowest BCUT2D eigenvalue weighted by atomic mass is 10.0. The Morgan fingerprint density at radius 3 is 2.70 bits per heavy atom. The highest BCUT2D eigenvalue weighted by Crippen LogP contribution is 2.37. The third-order valence-corrected chi connectivity index (χ3v) is 4.45. The lowest BCUT2D eigenvalue weighted by Gasteiger charge is -2.18. The van der Waals surface area contributed by atoms with Crippen molar-refractivity contribution in [3.05, 3.63) is 29.1 Å². The van der Waals surface area contributed by atoms with Crippen LogP contribution in [-0.2, 0) is 18.2 Å². The van der Waals surface area contributed by atoms with Crippen molar-refractivity contribution in [2.24, 2.45) is 18.7 Å². The summed E-state index contributed by atoms with van der Waals surface area (Å²) in [5.74, 6) is -1.06. The molecule has 0 unspecified atom stereocenters. The fraction of sp³-hybridized carbons (Fsp3) is 0.389. The van der Waals surface area contributed by atoms with E-state index >= 15 is 4.39 Å². The number of aromatic nitrogens is 2. The Bertz CT molecular complexity index is 922. The highest BCUT2D eigenvalue weighted by atomic mass is 19.1. The number of rotatable bonds is 4. The molecular weight excluding hydrogens is 353 g/mol. The van der Waals surface area contributed by atoms with Crippen LogP contribution >= 0.6 is 0 Å². The van der Waals surface area contributed by atoms with Crippen LogP contribution in [0.15, 0.2) is 12.1 Å². The van der Waals surface area contributed by atoms with E-state index in [1.807, 2.05) is 13.8 Å². The van der Waals surface area contributed by atoms with Crippen LogP contribution in [0, 0.1) is 11.7 Å². The molecule has 0 spiro atoms. The van der Waals surface area contributed by atoms with Crippen LogP contribution in [0.3, 0.4) is 0 Å². The van der Waals surface area contributed by atoms with E-state index in [0.717, 1.165) is 0 Å². The molecule has 9 heteroatoms. The topological polar surface area (TPSA) is 116 Å². The van der Waals surface area contributed by atoms with Crippen LogP contribution in [0.25, 0.3) is 11.3 Å². The van der Waals surface area contributed by atoms with Gasteiger partial charge in [-0.25, -0.2) is 9.18 Å². The monoisotopic (exact) mass is 375 g/mol. The van der Waals surface area contributed by atoms with Gasteiger partial charge in [0.05, 0.1) is 12.3 Å². The Hall–Kier alpha value is -3.10. The van der Waals surface area contributed by atoms with Gasteiger partial charge in [0.15, 0.2) is 0 Å². The molecule has 1 aliphatic rings. The zero-order valence-electron chi connectivity index (χ0n) is 15.5. The molecule has 2 heterocycles. The molecule has 1 aliphatic heterocycles. The molecule has 144 valence electrons. The smallest absolute Gasteiger partial charge is 0.414 e. The Labute approximate surface area is 155 Å². The van der Waals surface area contributed by atoms with Gasteiger partial charge >= 0.3 is 6.09 Å². The lowest BCUT2D eigenvalue weighted by molar-refractivity contribution is 0.100. The molecule has 27 heavy (non-hydrogen) atoms. The second-order valence-electron chi connectivity index (χ2n) is 6.89. The van der Waals surface area contributed by atoms with Crippen molar-refractivity contribution in [3.8, 4) is 11.3 Å². The number of aryl methyl sites for hydroxylation is 1. The van der Waals surface area contributed by atoms with Crippen molar-refractivity contribution >= 4 is 23.5 Å². The van der Waals surface area contributed by atoms with Crippen molar-refractivity contribution in [1.29, 1.82) is 0 Å². The number of benzene rings is 1. The molecule has 0 saturated carbocycles. The van der Waals surface area contributed by atoms with Crippen molar-refractivity contribution in [2.75, 3.05) is 23.8 Å². The number of carbonyl (C=O) groups is 2. The van der Waals surface area contributed by atoms with Crippen LogP contribution in [-0.4, -0.2) is 34.9 Å². The zero-order valence-corrected chi connectivity index (χ0v) is 15.5. The summed E-state index contributed by atoms with van der Waals surface area (Å²) in [4.78, 5) is 25.4. The highest BCUT2D eigenvalue weighted by Gasteiger charge is 2.31. The third kappa shape index (κ3) is 3.20. The molecule has 0 fully saturated rings. The Morgan fingerprint density at radius 1 is 1.37 bits per heavy atom. The first kappa shape index (κ1) is 18.7. The van der Waals surface area contributed by atoms with E-state index < -0.39 is 17.8 Å². The van der Waals surface area contributed by atoms with Crippen molar-refractivity contribution in [3.63, 3.8) is 0 Å². The molecule has 0 bridgehead atoms. The van der Waals surface area contributed by atoms with Gasteiger partial charge in [-0.15, -0.1) is 0 Å². The second kappa shape index (κ2) is 6.90. The molecular formula is C18H22FN5O3. The lowest BCUT2D eigenvalue weighted by Crippen LogP contribution is -2.30. The summed E-state index contributed by atoms with van der Waals surface area (Å²) in [7, 11) is 1.54. The standard InChI is InChI=1S/C18H22FN5O3/c1-9(2)8-27-18(26)24-7-6-10-12(24)5-4-11(14(10)19)15-13(17(21)25)16(20)23(3)22-15/h4-5,9H,6-8,20H2,1-3H3,(H2,21,25). The van der Waals surface area contributed by atoms with Gasteiger partial charge in [0.1, 0.15) is 22.9 Å². The summed E-state index contributed by atoms with van der Waals surface area (Å²) < 4.78 is 21.7. The number of hydrogen-bond acceptors (Lipinski definition) is 5. The highest BCUT2D eigenvalue weighted by molar-refractivity contribution is 6.03. The first-order valence-electron chi connectivity index (χ1n) is 8.60. The normalized spacial score (nSPS) is 13.1. The number of nitrogens with zero attached hydrogens (tertiary/aromatic N) is 3. The molecule has 2 aromatic rings. The fourth-order valence-electron chi connectivity index (χ4n) is 3.10. The largest absolute Gasteiger partial charge is 0.449 e. The van der Waals surface area contributed by atoms with Crippen LogP contribution in [0.2, 0.25) is 0 Å². The van der Waals surface area contributed by atoms with E-state index in [1.54, 1.807) is 13.1 Å². The van der Waals surface area contributed by atoms with Crippen molar-refractivity contribution < 1.29 is 18.7 Å².